The second-order valence-electron chi connectivity index (χ2n) is 5.02. The maximum Gasteiger partial charge on any atom is 0.0827 e. The highest BCUT2D eigenvalue weighted by Gasteiger charge is 2.23. The molecule has 0 radical (unpaired) electrons. The van der Waals surface area contributed by atoms with Crippen LogP contribution in [0.3, 0.4) is 0 Å². The Labute approximate surface area is 97.6 Å². The number of nitrogens with zero attached hydrogens (tertiary/aromatic N) is 3. The number of anilines is 1. The van der Waals surface area contributed by atoms with E-state index in [4.69, 9.17) is 0 Å². The lowest BCUT2D eigenvalue weighted by molar-refractivity contribution is 0.368. The first-order valence-electron chi connectivity index (χ1n) is 6.06. The summed E-state index contributed by atoms with van der Waals surface area (Å²) in [7, 11) is 1.98. The smallest absolute Gasteiger partial charge is 0.0827 e. The standard InChI is InChI=1S/C12H22N4/c1-9(2)11-7-16(6-5-13-11)12-8-15(4)14-10(12)3/h8-9,11,13H,5-7H2,1-4H3. The van der Waals surface area contributed by atoms with E-state index in [1.54, 1.807) is 0 Å². The first-order chi connectivity index (χ1) is 7.58. The van der Waals surface area contributed by atoms with Crippen LogP contribution in [0.2, 0.25) is 0 Å². The molecule has 4 heteroatoms. The molecule has 0 saturated carbocycles. The highest BCUT2D eigenvalue weighted by molar-refractivity contribution is 5.49. The Balaban J connectivity index is 2.12. The summed E-state index contributed by atoms with van der Waals surface area (Å²) in [6.07, 6.45) is 2.12. The average molecular weight is 222 g/mol. The minimum atomic E-state index is 0.591. The first kappa shape index (κ1) is 11.5. The largest absolute Gasteiger partial charge is 0.366 e. The summed E-state index contributed by atoms with van der Waals surface area (Å²) in [5.41, 5.74) is 2.42. The van der Waals surface area contributed by atoms with Crippen molar-refractivity contribution >= 4 is 5.69 Å². The summed E-state index contributed by atoms with van der Waals surface area (Å²) in [5.74, 6) is 0.680. The van der Waals surface area contributed by atoms with Gasteiger partial charge in [0.15, 0.2) is 0 Å². The van der Waals surface area contributed by atoms with Gasteiger partial charge in [-0.1, -0.05) is 13.8 Å². The Morgan fingerprint density at radius 3 is 2.81 bits per heavy atom. The molecule has 16 heavy (non-hydrogen) atoms. The Hall–Kier alpha value is -1.03. The number of hydrogen-bond acceptors (Lipinski definition) is 3. The minimum Gasteiger partial charge on any atom is -0.366 e. The molecule has 4 nitrogen and oxygen atoms in total. The molecule has 0 aliphatic carbocycles. The van der Waals surface area contributed by atoms with Crippen LogP contribution in [0, 0.1) is 12.8 Å². The average Bonchev–Trinajstić information content (AvgIpc) is 2.58. The van der Waals surface area contributed by atoms with E-state index in [2.05, 4.69) is 42.3 Å². The van der Waals surface area contributed by atoms with Crippen LogP contribution < -0.4 is 10.2 Å². The van der Waals surface area contributed by atoms with E-state index < -0.39 is 0 Å². The summed E-state index contributed by atoms with van der Waals surface area (Å²) in [6, 6.07) is 0.591. The predicted molar refractivity (Wildman–Crippen MR) is 66.8 cm³/mol. The lowest BCUT2D eigenvalue weighted by atomic mass is 10.0. The van der Waals surface area contributed by atoms with Gasteiger partial charge in [0.1, 0.15) is 0 Å². The number of hydrogen-bond donors (Lipinski definition) is 1. The quantitative estimate of drug-likeness (QED) is 0.815. The lowest BCUT2D eigenvalue weighted by Gasteiger charge is -2.36. The zero-order valence-electron chi connectivity index (χ0n) is 10.7. The third-order valence-electron chi connectivity index (χ3n) is 3.34. The second-order valence-corrected chi connectivity index (χ2v) is 5.02. The fraction of sp³-hybridized carbons (Fsp3) is 0.750. The zero-order chi connectivity index (χ0) is 11.7. The molecule has 0 spiro atoms. The SMILES string of the molecule is Cc1nn(C)cc1N1CCNC(C(C)C)C1. The van der Waals surface area contributed by atoms with Crippen LogP contribution in [0.5, 0.6) is 0 Å². The number of nitrogens with one attached hydrogen (secondary N) is 1. The molecule has 1 saturated heterocycles. The third-order valence-corrected chi connectivity index (χ3v) is 3.34. The third kappa shape index (κ3) is 2.21. The molecule has 1 unspecified atom stereocenters. The van der Waals surface area contributed by atoms with Gasteiger partial charge in [-0.05, 0) is 12.8 Å². The summed E-state index contributed by atoms with van der Waals surface area (Å²) in [5, 5.41) is 7.99. The molecule has 0 bridgehead atoms. The summed E-state index contributed by atoms with van der Waals surface area (Å²) >= 11 is 0. The van der Waals surface area contributed by atoms with Crippen molar-refractivity contribution in [2.45, 2.75) is 26.8 Å². The molecule has 0 amide bonds. The zero-order valence-corrected chi connectivity index (χ0v) is 10.7. The maximum absolute atomic E-state index is 4.41. The Kier molecular flexibility index (Phi) is 3.19. The highest BCUT2D eigenvalue weighted by atomic mass is 15.3. The van der Waals surface area contributed by atoms with Crippen LogP contribution in [-0.4, -0.2) is 35.5 Å². The Morgan fingerprint density at radius 1 is 1.50 bits per heavy atom. The van der Waals surface area contributed by atoms with E-state index in [9.17, 15) is 0 Å². The number of aryl methyl sites for hydroxylation is 2. The highest BCUT2D eigenvalue weighted by Crippen LogP contribution is 2.20. The lowest BCUT2D eigenvalue weighted by Crippen LogP contribution is -2.53. The fourth-order valence-corrected chi connectivity index (χ4v) is 2.34. The van der Waals surface area contributed by atoms with E-state index in [1.165, 1.54) is 5.69 Å². The van der Waals surface area contributed by atoms with Crippen molar-refractivity contribution in [2.24, 2.45) is 13.0 Å². The topological polar surface area (TPSA) is 33.1 Å². The van der Waals surface area contributed by atoms with Gasteiger partial charge in [0.2, 0.25) is 0 Å². The van der Waals surface area contributed by atoms with Crippen molar-refractivity contribution < 1.29 is 0 Å². The van der Waals surface area contributed by atoms with Crippen LogP contribution in [-0.2, 0) is 7.05 Å². The normalized spacial score (nSPS) is 21.8. The second kappa shape index (κ2) is 4.45. The molecular formula is C12H22N4. The van der Waals surface area contributed by atoms with Crippen LogP contribution >= 0.6 is 0 Å². The van der Waals surface area contributed by atoms with Gasteiger partial charge < -0.3 is 10.2 Å². The van der Waals surface area contributed by atoms with Crippen molar-refractivity contribution in [1.82, 2.24) is 15.1 Å². The van der Waals surface area contributed by atoms with Crippen molar-refractivity contribution in [1.29, 1.82) is 0 Å². The summed E-state index contributed by atoms with van der Waals surface area (Å²) in [6.45, 7) is 9.87. The first-order valence-corrected chi connectivity index (χ1v) is 6.06. The molecule has 1 aromatic heterocycles. The maximum atomic E-state index is 4.41. The van der Waals surface area contributed by atoms with Gasteiger partial charge >= 0.3 is 0 Å². The van der Waals surface area contributed by atoms with E-state index in [-0.39, 0.29) is 0 Å². The molecule has 1 N–H and O–H groups in total. The van der Waals surface area contributed by atoms with Crippen molar-refractivity contribution in [3.05, 3.63) is 11.9 Å². The molecule has 0 aromatic carbocycles. The molecule has 90 valence electrons. The van der Waals surface area contributed by atoms with E-state index in [0.29, 0.717) is 12.0 Å². The van der Waals surface area contributed by atoms with Gasteiger partial charge in [-0.2, -0.15) is 5.10 Å². The molecule has 2 heterocycles. The van der Waals surface area contributed by atoms with Crippen LogP contribution in [0.15, 0.2) is 6.20 Å². The predicted octanol–water partition coefficient (Wildman–Crippen LogP) is 1.16. The number of piperazine rings is 1. The minimum absolute atomic E-state index is 0.591. The number of aromatic nitrogens is 2. The summed E-state index contributed by atoms with van der Waals surface area (Å²) < 4.78 is 1.90. The van der Waals surface area contributed by atoms with Gasteiger partial charge in [0.05, 0.1) is 11.4 Å². The van der Waals surface area contributed by atoms with Gasteiger partial charge in [-0.15, -0.1) is 0 Å². The van der Waals surface area contributed by atoms with E-state index in [1.807, 2.05) is 11.7 Å². The van der Waals surface area contributed by atoms with Crippen LogP contribution in [0.25, 0.3) is 0 Å². The fourth-order valence-electron chi connectivity index (χ4n) is 2.34. The van der Waals surface area contributed by atoms with Gasteiger partial charge in [0.25, 0.3) is 0 Å². The molecule has 2 rings (SSSR count). The molecule has 1 atom stereocenters. The summed E-state index contributed by atoms with van der Waals surface area (Å²) in [4.78, 5) is 2.45. The molecule has 1 fully saturated rings. The van der Waals surface area contributed by atoms with E-state index >= 15 is 0 Å². The van der Waals surface area contributed by atoms with Crippen molar-refractivity contribution in [3.8, 4) is 0 Å². The molecule has 1 aliphatic heterocycles. The molecule has 1 aliphatic rings. The Morgan fingerprint density at radius 2 is 2.25 bits per heavy atom. The van der Waals surface area contributed by atoms with E-state index in [0.717, 1.165) is 25.3 Å². The van der Waals surface area contributed by atoms with Crippen molar-refractivity contribution in [2.75, 3.05) is 24.5 Å². The molecular weight excluding hydrogens is 200 g/mol. The van der Waals surface area contributed by atoms with Gasteiger partial charge in [0, 0.05) is 38.9 Å². The van der Waals surface area contributed by atoms with Gasteiger partial charge in [-0.3, -0.25) is 4.68 Å². The van der Waals surface area contributed by atoms with Crippen LogP contribution in [0.1, 0.15) is 19.5 Å². The van der Waals surface area contributed by atoms with Crippen LogP contribution in [0.4, 0.5) is 5.69 Å². The monoisotopic (exact) mass is 222 g/mol. The number of rotatable bonds is 2. The van der Waals surface area contributed by atoms with Gasteiger partial charge in [-0.25, -0.2) is 0 Å². The Bertz CT molecular complexity index is 356. The van der Waals surface area contributed by atoms with Crippen molar-refractivity contribution in [3.63, 3.8) is 0 Å². The molecule has 1 aromatic rings.